The molecule has 158 valence electrons. The Morgan fingerprint density at radius 2 is 2.00 bits per heavy atom. The number of aromatic nitrogens is 2. The normalized spacial score (nSPS) is 13.7. The Labute approximate surface area is 183 Å². The number of hydrogen-bond acceptors (Lipinski definition) is 6. The topological polar surface area (TPSA) is 73.2 Å². The molecule has 0 unspecified atom stereocenters. The van der Waals surface area contributed by atoms with Crippen LogP contribution < -0.4 is 15.6 Å². The zero-order valence-electron chi connectivity index (χ0n) is 17.2. The predicted octanol–water partition coefficient (Wildman–Crippen LogP) is 3.95. The molecule has 8 heteroatoms. The number of aryl methyl sites for hydroxylation is 2. The summed E-state index contributed by atoms with van der Waals surface area (Å²) in [6.45, 7) is 2.47. The van der Waals surface area contributed by atoms with E-state index in [2.05, 4.69) is 5.32 Å². The number of thiophene rings is 1. The van der Waals surface area contributed by atoms with Crippen LogP contribution in [-0.2, 0) is 17.6 Å². The van der Waals surface area contributed by atoms with Crippen molar-refractivity contribution in [2.45, 2.75) is 44.2 Å². The van der Waals surface area contributed by atoms with Gasteiger partial charge in [0.2, 0.25) is 5.91 Å². The summed E-state index contributed by atoms with van der Waals surface area (Å²) in [5.74, 6) is 0.870. The molecule has 30 heavy (non-hydrogen) atoms. The molecule has 0 bridgehead atoms. The summed E-state index contributed by atoms with van der Waals surface area (Å²) in [5.41, 5.74) is 1.85. The first-order valence-corrected chi connectivity index (χ1v) is 12.0. The van der Waals surface area contributed by atoms with Crippen LogP contribution in [0.1, 0.15) is 36.6 Å². The summed E-state index contributed by atoms with van der Waals surface area (Å²) in [6.07, 6.45) is 5.41. The quantitative estimate of drug-likeness (QED) is 0.355. The van der Waals surface area contributed by atoms with Gasteiger partial charge in [-0.15, -0.1) is 11.3 Å². The maximum absolute atomic E-state index is 13.7. The molecule has 0 atom stereocenters. The molecule has 0 saturated heterocycles. The molecule has 2 heterocycles. The summed E-state index contributed by atoms with van der Waals surface area (Å²) in [6, 6.07) is 7.38. The van der Waals surface area contributed by atoms with Crippen LogP contribution in [0.3, 0.4) is 0 Å². The van der Waals surface area contributed by atoms with Crippen LogP contribution in [-0.4, -0.2) is 34.9 Å². The lowest BCUT2D eigenvalue weighted by molar-refractivity contribution is -0.118. The molecule has 1 amide bonds. The lowest BCUT2D eigenvalue weighted by Crippen LogP contribution is -2.26. The number of hydrogen-bond donors (Lipinski definition) is 1. The number of carbonyl (C=O) groups excluding carboxylic acids is 1. The van der Waals surface area contributed by atoms with Crippen molar-refractivity contribution >= 4 is 39.2 Å². The Kier molecular flexibility index (Phi) is 6.43. The van der Waals surface area contributed by atoms with E-state index in [-0.39, 0.29) is 17.2 Å². The number of methoxy groups -OCH3 is 1. The molecule has 6 nitrogen and oxygen atoms in total. The van der Waals surface area contributed by atoms with E-state index in [1.54, 1.807) is 23.0 Å². The molecule has 1 N–H and O–H groups in total. The van der Waals surface area contributed by atoms with Crippen LogP contribution in [0, 0.1) is 0 Å². The number of carbonyl (C=O) groups is 1. The highest BCUT2D eigenvalue weighted by atomic mass is 32.2. The van der Waals surface area contributed by atoms with Gasteiger partial charge in [0.05, 0.1) is 23.9 Å². The second-order valence-corrected chi connectivity index (χ2v) is 9.25. The highest BCUT2D eigenvalue weighted by Crippen LogP contribution is 2.34. The fraction of sp³-hybridized carbons (Fsp3) is 0.409. The number of ether oxygens (including phenoxy) is 1. The smallest absolute Gasteiger partial charge is 0.267 e. The molecular formula is C22H25N3O3S2. The van der Waals surface area contributed by atoms with Gasteiger partial charge in [0.15, 0.2) is 5.16 Å². The molecular weight excluding hydrogens is 418 g/mol. The summed E-state index contributed by atoms with van der Waals surface area (Å²) in [4.78, 5) is 32.7. The van der Waals surface area contributed by atoms with Gasteiger partial charge in [0.1, 0.15) is 10.6 Å². The van der Waals surface area contributed by atoms with Crippen molar-refractivity contribution in [1.82, 2.24) is 14.9 Å². The van der Waals surface area contributed by atoms with Crippen molar-refractivity contribution in [3.8, 4) is 11.4 Å². The lowest BCUT2D eigenvalue weighted by Gasteiger charge is -2.13. The zero-order valence-corrected chi connectivity index (χ0v) is 18.8. The minimum atomic E-state index is -0.0694. The summed E-state index contributed by atoms with van der Waals surface area (Å²) >= 11 is 2.93. The molecule has 1 aromatic carbocycles. The molecule has 0 radical (unpaired) electrons. The monoisotopic (exact) mass is 443 g/mol. The van der Waals surface area contributed by atoms with Crippen LogP contribution >= 0.6 is 23.1 Å². The van der Waals surface area contributed by atoms with Gasteiger partial charge in [-0.3, -0.25) is 14.2 Å². The first kappa shape index (κ1) is 20.9. The molecule has 1 aliphatic rings. The third-order valence-electron chi connectivity index (χ3n) is 5.25. The van der Waals surface area contributed by atoms with E-state index in [1.807, 2.05) is 31.2 Å². The molecule has 2 aromatic heterocycles. The molecule has 0 saturated carbocycles. The van der Waals surface area contributed by atoms with E-state index >= 15 is 0 Å². The summed E-state index contributed by atoms with van der Waals surface area (Å²) in [5, 5.41) is 4.09. The van der Waals surface area contributed by atoms with Gasteiger partial charge in [0, 0.05) is 11.4 Å². The fourth-order valence-corrected chi connectivity index (χ4v) is 5.94. The molecule has 0 fully saturated rings. The van der Waals surface area contributed by atoms with Crippen molar-refractivity contribution in [3.63, 3.8) is 0 Å². The number of nitrogens with one attached hydrogen (secondary N) is 1. The van der Waals surface area contributed by atoms with E-state index in [0.29, 0.717) is 11.7 Å². The van der Waals surface area contributed by atoms with Crippen LogP contribution in [0.4, 0.5) is 0 Å². The van der Waals surface area contributed by atoms with Gasteiger partial charge in [-0.2, -0.15) is 0 Å². The van der Waals surface area contributed by atoms with Crippen molar-refractivity contribution in [2.24, 2.45) is 0 Å². The second kappa shape index (κ2) is 9.22. The first-order valence-electron chi connectivity index (χ1n) is 10.2. The average molecular weight is 444 g/mol. The maximum atomic E-state index is 13.7. The minimum absolute atomic E-state index is 0.0528. The van der Waals surface area contributed by atoms with Crippen LogP contribution in [0.25, 0.3) is 15.9 Å². The SMILES string of the molecule is CCNC(=O)CSc1nc2sc3c(c2c(=O)n1-c1ccc(OC)cc1)CCCCC3. The van der Waals surface area contributed by atoms with E-state index in [9.17, 15) is 9.59 Å². The highest BCUT2D eigenvalue weighted by Gasteiger charge is 2.22. The van der Waals surface area contributed by atoms with Gasteiger partial charge in [-0.1, -0.05) is 18.2 Å². The average Bonchev–Trinajstić information content (AvgIpc) is 2.94. The Hall–Kier alpha value is -2.32. The number of rotatable bonds is 6. The number of nitrogens with zero attached hydrogens (tertiary/aromatic N) is 2. The highest BCUT2D eigenvalue weighted by molar-refractivity contribution is 7.99. The van der Waals surface area contributed by atoms with E-state index in [0.717, 1.165) is 47.3 Å². The van der Waals surface area contributed by atoms with E-state index in [1.165, 1.54) is 28.6 Å². The molecule has 3 aromatic rings. The van der Waals surface area contributed by atoms with Crippen LogP contribution in [0.2, 0.25) is 0 Å². The standard InChI is InChI=1S/C22H25N3O3S2/c1-3-23-18(26)13-29-22-24-20-19(16-7-5-4-6-8-17(16)30-20)21(27)25(22)14-9-11-15(28-2)12-10-14/h9-12H,3-8,13H2,1-2H3,(H,23,26). The van der Waals surface area contributed by atoms with Crippen molar-refractivity contribution < 1.29 is 9.53 Å². The van der Waals surface area contributed by atoms with Gasteiger partial charge in [-0.05, 0) is 62.4 Å². The van der Waals surface area contributed by atoms with Crippen LogP contribution in [0.15, 0.2) is 34.2 Å². The van der Waals surface area contributed by atoms with Crippen LogP contribution in [0.5, 0.6) is 5.75 Å². The largest absolute Gasteiger partial charge is 0.497 e. The number of thioether (sulfide) groups is 1. The third kappa shape index (κ3) is 4.11. The zero-order chi connectivity index (χ0) is 21.1. The molecule has 0 aliphatic heterocycles. The number of fused-ring (bicyclic) bond motifs is 3. The van der Waals surface area contributed by atoms with Gasteiger partial charge in [-0.25, -0.2) is 4.98 Å². The van der Waals surface area contributed by atoms with E-state index in [4.69, 9.17) is 9.72 Å². The summed E-state index contributed by atoms with van der Waals surface area (Å²) in [7, 11) is 1.61. The van der Waals surface area contributed by atoms with Crippen molar-refractivity contribution in [1.29, 1.82) is 0 Å². The van der Waals surface area contributed by atoms with E-state index < -0.39 is 0 Å². The lowest BCUT2D eigenvalue weighted by atomic mass is 10.1. The minimum Gasteiger partial charge on any atom is -0.497 e. The van der Waals surface area contributed by atoms with Crippen molar-refractivity contribution in [2.75, 3.05) is 19.4 Å². The number of benzene rings is 1. The molecule has 4 rings (SSSR count). The maximum Gasteiger partial charge on any atom is 0.267 e. The van der Waals surface area contributed by atoms with Gasteiger partial charge >= 0.3 is 0 Å². The van der Waals surface area contributed by atoms with Gasteiger partial charge < -0.3 is 10.1 Å². The summed E-state index contributed by atoms with van der Waals surface area (Å²) < 4.78 is 6.90. The fourth-order valence-electron chi connectivity index (χ4n) is 3.80. The third-order valence-corrected chi connectivity index (χ3v) is 7.37. The Balaban J connectivity index is 1.86. The second-order valence-electron chi connectivity index (χ2n) is 7.22. The molecule has 1 aliphatic carbocycles. The Bertz CT molecular complexity index is 1120. The predicted molar refractivity (Wildman–Crippen MR) is 122 cm³/mol. The number of amides is 1. The van der Waals surface area contributed by atoms with Crippen molar-refractivity contribution in [3.05, 3.63) is 45.1 Å². The van der Waals surface area contributed by atoms with Gasteiger partial charge in [0.25, 0.3) is 5.56 Å². The first-order chi connectivity index (χ1) is 14.6. The molecule has 0 spiro atoms. The Morgan fingerprint density at radius 1 is 1.23 bits per heavy atom. The Morgan fingerprint density at radius 3 is 2.73 bits per heavy atom.